The summed E-state index contributed by atoms with van der Waals surface area (Å²) in [5.74, 6) is 1.85. The number of anilines is 3. The Balaban J connectivity index is 0.979. The van der Waals surface area contributed by atoms with E-state index >= 15 is 0 Å². The summed E-state index contributed by atoms with van der Waals surface area (Å²) in [7, 11) is 0. The molecule has 1 spiro atoms. The number of thiophene rings is 1. The van der Waals surface area contributed by atoms with Gasteiger partial charge in [0.25, 0.3) is 0 Å². The van der Waals surface area contributed by atoms with Crippen molar-refractivity contribution in [3.05, 3.63) is 234 Å². The van der Waals surface area contributed by atoms with Crippen LogP contribution in [0, 0.1) is 0 Å². The number of rotatable bonds is 5. The zero-order valence-corrected chi connectivity index (χ0v) is 33.7. The Bertz CT molecular complexity index is 3460. The van der Waals surface area contributed by atoms with Crippen LogP contribution in [-0.4, -0.2) is 0 Å². The van der Waals surface area contributed by atoms with Crippen LogP contribution in [0.1, 0.15) is 21.6 Å². The first-order chi connectivity index (χ1) is 30.2. The summed E-state index contributed by atoms with van der Waals surface area (Å²) in [6.07, 6.45) is 0. The first kappa shape index (κ1) is 34.2. The topological polar surface area (TPSA) is 25.6 Å². The standard InChI is InChI=1S/C57H35NO2S/c1-2-12-36(13-3-1)37-22-24-38(25-23-37)39-26-28-40(29-27-39)58(41-31-33-52-47(34-41)45-16-6-10-20-51(45)59-52)42-30-32-46-54(35-42)61-56-55(46)60-53-21-11-9-19-50(53)57(56)48-17-7-4-14-43(48)44-15-5-8-18-49(44)57/h1-35H. The first-order valence-electron chi connectivity index (χ1n) is 20.7. The number of nitrogens with zero attached hydrogens (tertiary/aromatic N) is 1. The largest absolute Gasteiger partial charge is 0.456 e. The molecule has 0 radical (unpaired) electrons. The Morgan fingerprint density at radius 3 is 1.67 bits per heavy atom. The molecule has 2 aliphatic rings. The third-order valence-electron chi connectivity index (χ3n) is 12.8. The third kappa shape index (κ3) is 5.03. The highest BCUT2D eigenvalue weighted by Crippen LogP contribution is 2.65. The van der Waals surface area contributed by atoms with Gasteiger partial charge in [-0.1, -0.05) is 152 Å². The number of ether oxygens (including phenoxy) is 1. The monoisotopic (exact) mass is 797 g/mol. The van der Waals surface area contributed by atoms with Crippen LogP contribution in [0.3, 0.4) is 0 Å². The smallest absolute Gasteiger partial charge is 0.150 e. The molecule has 0 saturated carbocycles. The predicted octanol–water partition coefficient (Wildman–Crippen LogP) is 16.1. The van der Waals surface area contributed by atoms with E-state index in [1.807, 2.05) is 23.5 Å². The summed E-state index contributed by atoms with van der Waals surface area (Å²) < 4.78 is 14.4. The molecule has 13 rings (SSSR count). The van der Waals surface area contributed by atoms with Crippen LogP contribution in [0.25, 0.3) is 65.4 Å². The van der Waals surface area contributed by atoms with Crippen molar-refractivity contribution in [2.45, 2.75) is 5.41 Å². The molecule has 4 heteroatoms. The molecule has 0 unspecified atom stereocenters. The van der Waals surface area contributed by atoms with Crippen molar-refractivity contribution >= 4 is 60.4 Å². The molecular weight excluding hydrogens is 763 g/mol. The molecular formula is C57H35NO2S. The Kier molecular flexibility index (Phi) is 7.39. The third-order valence-corrected chi connectivity index (χ3v) is 14.0. The molecule has 11 aromatic rings. The zero-order valence-electron chi connectivity index (χ0n) is 32.9. The Labute approximate surface area is 357 Å². The van der Waals surface area contributed by atoms with Crippen molar-refractivity contribution in [2.75, 3.05) is 4.90 Å². The second kappa shape index (κ2) is 13.2. The number of furan rings is 1. The van der Waals surface area contributed by atoms with Gasteiger partial charge >= 0.3 is 0 Å². The molecule has 0 bridgehead atoms. The van der Waals surface area contributed by atoms with Gasteiger partial charge < -0.3 is 14.1 Å². The SMILES string of the molecule is c1ccc(-c2ccc(-c3ccc(N(c4ccc5c6c(sc5c4)C4(c5ccccc5O6)c5ccccc5-c5ccccc54)c4ccc5oc6ccccc6c5c4)cc3)cc2)cc1. The summed E-state index contributed by atoms with van der Waals surface area (Å²) in [5, 5.41) is 3.31. The minimum absolute atomic E-state index is 0.497. The van der Waals surface area contributed by atoms with E-state index in [1.54, 1.807) is 0 Å². The van der Waals surface area contributed by atoms with Crippen molar-refractivity contribution in [2.24, 2.45) is 0 Å². The second-order valence-corrected chi connectivity index (χ2v) is 17.0. The van der Waals surface area contributed by atoms with Crippen LogP contribution >= 0.6 is 11.3 Å². The highest BCUT2D eigenvalue weighted by molar-refractivity contribution is 7.19. The number of hydrogen-bond donors (Lipinski definition) is 0. The average molecular weight is 798 g/mol. The van der Waals surface area contributed by atoms with Gasteiger partial charge in [0.15, 0.2) is 5.75 Å². The lowest BCUT2D eigenvalue weighted by atomic mass is 9.69. The van der Waals surface area contributed by atoms with Crippen molar-refractivity contribution in [1.82, 2.24) is 0 Å². The quantitative estimate of drug-likeness (QED) is 0.173. The van der Waals surface area contributed by atoms with Gasteiger partial charge in [-0.2, -0.15) is 0 Å². The maximum absolute atomic E-state index is 6.97. The van der Waals surface area contributed by atoms with Crippen LogP contribution in [0.2, 0.25) is 0 Å². The van der Waals surface area contributed by atoms with Crippen molar-refractivity contribution in [1.29, 1.82) is 0 Å². The fraction of sp³-hybridized carbons (Fsp3) is 0.0175. The van der Waals surface area contributed by atoms with Crippen molar-refractivity contribution in [3.8, 4) is 44.9 Å². The highest BCUT2D eigenvalue weighted by atomic mass is 32.1. The van der Waals surface area contributed by atoms with Crippen LogP contribution in [0.5, 0.6) is 11.5 Å². The minimum Gasteiger partial charge on any atom is -0.456 e. The lowest BCUT2D eigenvalue weighted by molar-refractivity contribution is 0.447. The van der Waals surface area contributed by atoms with Gasteiger partial charge in [-0.25, -0.2) is 0 Å². The highest BCUT2D eigenvalue weighted by Gasteiger charge is 2.52. The van der Waals surface area contributed by atoms with E-state index in [1.165, 1.54) is 59.6 Å². The van der Waals surface area contributed by atoms with E-state index in [0.717, 1.165) is 55.9 Å². The van der Waals surface area contributed by atoms with Gasteiger partial charge in [-0.05, 0) is 105 Å². The lowest BCUT2D eigenvalue weighted by Crippen LogP contribution is -2.30. The van der Waals surface area contributed by atoms with Gasteiger partial charge in [0, 0.05) is 43.5 Å². The van der Waals surface area contributed by atoms with Gasteiger partial charge in [-0.15, -0.1) is 11.3 Å². The van der Waals surface area contributed by atoms with E-state index in [2.05, 4.69) is 205 Å². The molecule has 61 heavy (non-hydrogen) atoms. The van der Waals surface area contributed by atoms with Crippen LogP contribution < -0.4 is 9.64 Å². The Morgan fingerprint density at radius 2 is 0.934 bits per heavy atom. The van der Waals surface area contributed by atoms with Crippen LogP contribution in [-0.2, 0) is 5.41 Å². The maximum Gasteiger partial charge on any atom is 0.150 e. The predicted molar refractivity (Wildman–Crippen MR) is 252 cm³/mol. The van der Waals surface area contributed by atoms with E-state index in [9.17, 15) is 0 Å². The van der Waals surface area contributed by atoms with E-state index < -0.39 is 5.41 Å². The Morgan fingerprint density at radius 1 is 0.393 bits per heavy atom. The van der Waals surface area contributed by atoms with Gasteiger partial charge in [0.1, 0.15) is 16.9 Å². The lowest BCUT2D eigenvalue weighted by Gasteiger charge is -2.37. The Hall–Kier alpha value is -7.66. The fourth-order valence-corrected chi connectivity index (χ4v) is 11.4. The number of fused-ring (bicyclic) bond motifs is 14. The summed E-state index contributed by atoms with van der Waals surface area (Å²) in [5.41, 5.74) is 15.6. The van der Waals surface area contributed by atoms with E-state index in [-0.39, 0.29) is 0 Å². The molecule has 0 atom stereocenters. The average Bonchev–Trinajstić information content (AvgIpc) is 3.98. The molecule has 1 aliphatic carbocycles. The van der Waals surface area contributed by atoms with Crippen LogP contribution in [0.15, 0.2) is 217 Å². The molecule has 0 fully saturated rings. The fourth-order valence-electron chi connectivity index (χ4n) is 10.0. The normalized spacial score (nSPS) is 13.2. The summed E-state index contributed by atoms with van der Waals surface area (Å²) in [6, 6.07) is 76.5. The molecule has 286 valence electrons. The molecule has 0 amide bonds. The van der Waals surface area contributed by atoms with Crippen LogP contribution in [0.4, 0.5) is 17.1 Å². The number of hydrogen-bond acceptors (Lipinski definition) is 4. The van der Waals surface area contributed by atoms with Gasteiger partial charge in [0.2, 0.25) is 0 Å². The molecule has 9 aromatic carbocycles. The number of benzene rings is 9. The first-order valence-corrected chi connectivity index (χ1v) is 21.6. The number of para-hydroxylation sites is 2. The van der Waals surface area contributed by atoms with Crippen molar-refractivity contribution < 1.29 is 9.15 Å². The van der Waals surface area contributed by atoms with E-state index in [0.29, 0.717) is 0 Å². The molecule has 3 heterocycles. The van der Waals surface area contributed by atoms with E-state index in [4.69, 9.17) is 9.15 Å². The minimum atomic E-state index is -0.497. The zero-order chi connectivity index (χ0) is 40.1. The maximum atomic E-state index is 6.97. The summed E-state index contributed by atoms with van der Waals surface area (Å²) in [4.78, 5) is 3.59. The summed E-state index contributed by atoms with van der Waals surface area (Å²) >= 11 is 1.85. The molecule has 2 aromatic heterocycles. The summed E-state index contributed by atoms with van der Waals surface area (Å²) in [6.45, 7) is 0. The molecule has 3 nitrogen and oxygen atoms in total. The van der Waals surface area contributed by atoms with Crippen molar-refractivity contribution in [3.63, 3.8) is 0 Å². The molecule has 0 saturated heterocycles. The van der Waals surface area contributed by atoms with Gasteiger partial charge in [0.05, 0.1) is 10.3 Å². The van der Waals surface area contributed by atoms with Gasteiger partial charge in [-0.3, -0.25) is 0 Å². The molecule has 0 N–H and O–H groups in total. The molecule has 1 aliphatic heterocycles. The second-order valence-electron chi connectivity index (χ2n) is 16.0.